The molecule has 0 radical (unpaired) electrons. The van der Waals surface area contributed by atoms with Gasteiger partial charge in [-0.2, -0.15) is 23.0 Å². The Balaban J connectivity index is 1.48. The van der Waals surface area contributed by atoms with Crippen molar-refractivity contribution in [1.29, 1.82) is 0 Å². The molecule has 4 rings (SSSR count). The summed E-state index contributed by atoms with van der Waals surface area (Å²) in [4.78, 5) is 27.8. The number of carbonyl (C=O) groups is 2. The predicted molar refractivity (Wildman–Crippen MR) is 121 cm³/mol. The van der Waals surface area contributed by atoms with E-state index in [0.29, 0.717) is 25.2 Å². The molecule has 1 saturated heterocycles. The van der Waals surface area contributed by atoms with Gasteiger partial charge in [0, 0.05) is 45.3 Å². The molecule has 0 aliphatic carbocycles. The number of carbonyl (C=O) groups excluding carboxylic acids is 2. The Kier molecular flexibility index (Phi) is 6.56. The van der Waals surface area contributed by atoms with Crippen molar-refractivity contribution in [2.75, 3.05) is 19.6 Å². The fourth-order valence-electron chi connectivity index (χ4n) is 4.24. The van der Waals surface area contributed by atoms with Crippen molar-refractivity contribution in [3.63, 3.8) is 0 Å². The molecule has 1 aliphatic rings. The maximum Gasteiger partial charge on any atom is 0.416 e. The molecule has 0 spiro atoms. The van der Waals surface area contributed by atoms with E-state index in [1.165, 1.54) is 25.3 Å². The van der Waals surface area contributed by atoms with Crippen molar-refractivity contribution >= 4 is 11.8 Å². The number of nitrogens with zero attached hydrogens (tertiary/aromatic N) is 4. The van der Waals surface area contributed by atoms with Gasteiger partial charge in [-0.15, -0.1) is 0 Å². The summed E-state index contributed by atoms with van der Waals surface area (Å²) in [7, 11) is 0. The lowest BCUT2D eigenvalue weighted by atomic mass is 9.98. The number of Topliss-reactive ketones (excluding diaryl/α,β-unsaturated/α-hetero) is 1. The molecule has 3 aromatic rings. The highest BCUT2D eigenvalue weighted by molar-refractivity contribution is 5.92. The third-order valence-electron chi connectivity index (χ3n) is 6.02. The minimum atomic E-state index is -4.47. The fraction of sp³-hybridized carbons (Fsp3) is 0.320. The molecular formula is C25H25F3N4O2. The topological polar surface area (TPSA) is 58.4 Å². The van der Waals surface area contributed by atoms with E-state index < -0.39 is 11.7 Å². The van der Waals surface area contributed by atoms with E-state index in [4.69, 9.17) is 0 Å². The normalized spacial score (nSPS) is 17.1. The zero-order chi connectivity index (χ0) is 24.5. The van der Waals surface area contributed by atoms with Gasteiger partial charge in [-0.3, -0.25) is 9.69 Å². The maximum absolute atomic E-state index is 13.9. The standard InChI is InChI=1S/C25H25F3N4O2/c1-17-15-30(12-13-31(17)24(34)32-11-10-23(29-32)18(2)33)16-21-9-8-20(14-22(21)25(26,27)28)19-6-4-3-5-7-19/h3-11,14,17H,12-13,15-16H2,1-2H3/t17-/m1/s1. The Morgan fingerprint density at radius 3 is 2.38 bits per heavy atom. The first-order chi connectivity index (χ1) is 16.1. The van der Waals surface area contributed by atoms with Crippen molar-refractivity contribution < 1.29 is 22.8 Å². The molecule has 6 nitrogen and oxygen atoms in total. The Morgan fingerprint density at radius 2 is 1.76 bits per heavy atom. The molecule has 34 heavy (non-hydrogen) atoms. The first-order valence-corrected chi connectivity index (χ1v) is 11.0. The number of amides is 1. The Bertz CT molecular complexity index is 1190. The van der Waals surface area contributed by atoms with Gasteiger partial charge in [0.15, 0.2) is 5.78 Å². The molecule has 1 amide bonds. The summed E-state index contributed by atoms with van der Waals surface area (Å²) in [5.74, 6) is -0.233. The molecule has 2 heterocycles. The summed E-state index contributed by atoms with van der Waals surface area (Å²) >= 11 is 0. The average molecular weight is 470 g/mol. The fourth-order valence-corrected chi connectivity index (χ4v) is 4.24. The van der Waals surface area contributed by atoms with Crippen LogP contribution in [0.5, 0.6) is 0 Å². The molecule has 0 bridgehead atoms. The lowest BCUT2D eigenvalue weighted by molar-refractivity contribution is -0.138. The number of ketones is 1. The van der Waals surface area contributed by atoms with Crippen molar-refractivity contribution in [2.24, 2.45) is 0 Å². The van der Waals surface area contributed by atoms with Crippen LogP contribution >= 0.6 is 0 Å². The molecular weight excluding hydrogens is 445 g/mol. The second-order valence-electron chi connectivity index (χ2n) is 8.50. The van der Waals surface area contributed by atoms with Gasteiger partial charge in [0.05, 0.1) is 5.56 Å². The van der Waals surface area contributed by atoms with Gasteiger partial charge in [0.2, 0.25) is 0 Å². The molecule has 1 aromatic heterocycles. The van der Waals surface area contributed by atoms with Crippen LogP contribution in [0.3, 0.4) is 0 Å². The number of hydrogen-bond acceptors (Lipinski definition) is 4. The molecule has 2 aromatic carbocycles. The Hall–Kier alpha value is -3.46. The SMILES string of the molecule is CC(=O)c1ccn(C(=O)N2CCN(Cc3ccc(-c4ccccc4)cc3C(F)(F)F)C[C@H]2C)n1. The summed E-state index contributed by atoms with van der Waals surface area (Å²) < 4.78 is 42.8. The summed E-state index contributed by atoms with van der Waals surface area (Å²) in [6.45, 7) is 4.55. The van der Waals surface area contributed by atoms with E-state index in [2.05, 4.69) is 5.10 Å². The number of piperazine rings is 1. The van der Waals surface area contributed by atoms with Gasteiger partial charge in [0.25, 0.3) is 0 Å². The van der Waals surface area contributed by atoms with Crippen molar-refractivity contribution in [2.45, 2.75) is 32.6 Å². The molecule has 178 valence electrons. The van der Waals surface area contributed by atoms with Gasteiger partial charge < -0.3 is 4.90 Å². The van der Waals surface area contributed by atoms with E-state index in [1.807, 2.05) is 17.9 Å². The maximum atomic E-state index is 13.9. The first kappa shape index (κ1) is 23.7. The van der Waals surface area contributed by atoms with Crippen LogP contribution in [0.4, 0.5) is 18.0 Å². The minimum absolute atomic E-state index is 0.131. The van der Waals surface area contributed by atoms with Crippen LogP contribution in [0.1, 0.15) is 35.5 Å². The highest BCUT2D eigenvalue weighted by Crippen LogP contribution is 2.35. The number of benzene rings is 2. The summed E-state index contributed by atoms with van der Waals surface area (Å²) in [5.41, 5.74) is 1.01. The van der Waals surface area contributed by atoms with Crippen LogP contribution < -0.4 is 0 Å². The average Bonchev–Trinajstić information content (AvgIpc) is 3.30. The van der Waals surface area contributed by atoms with Gasteiger partial charge in [-0.25, -0.2) is 4.79 Å². The highest BCUT2D eigenvalue weighted by Gasteiger charge is 2.35. The lowest BCUT2D eigenvalue weighted by Crippen LogP contribution is -2.54. The third kappa shape index (κ3) is 5.04. The van der Waals surface area contributed by atoms with Gasteiger partial charge in [-0.05, 0) is 35.7 Å². The summed E-state index contributed by atoms with van der Waals surface area (Å²) in [5, 5.41) is 4.02. The van der Waals surface area contributed by atoms with Crippen LogP contribution in [-0.2, 0) is 12.7 Å². The van der Waals surface area contributed by atoms with E-state index in [1.54, 1.807) is 41.3 Å². The van der Waals surface area contributed by atoms with Gasteiger partial charge in [0.1, 0.15) is 5.69 Å². The highest BCUT2D eigenvalue weighted by atomic mass is 19.4. The van der Waals surface area contributed by atoms with Crippen molar-refractivity contribution in [1.82, 2.24) is 19.6 Å². The number of halogens is 3. The van der Waals surface area contributed by atoms with Crippen LogP contribution in [0.15, 0.2) is 60.8 Å². The van der Waals surface area contributed by atoms with Gasteiger partial charge in [-0.1, -0.05) is 42.5 Å². The quantitative estimate of drug-likeness (QED) is 0.507. The monoisotopic (exact) mass is 470 g/mol. The largest absolute Gasteiger partial charge is 0.416 e. The number of hydrogen-bond donors (Lipinski definition) is 0. The molecule has 1 fully saturated rings. The van der Waals surface area contributed by atoms with Crippen molar-refractivity contribution in [3.8, 4) is 11.1 Å². The van der Waals surface area contributed by atoms with E-state index in [9.17, 15) is 22.8 Å². The van der Waals surface area contributed by atoms with Crippen LogP contribution in [0.25, 0.3) is 11.1 Å². The van der Waals surface area contributed by atoms with E-state index in [-0.39, 0.29) is 35.7 Å². The molecule has 9 heteroatoms. The number of rotatable bonds is 4. The van der Waals surface area contributed by atoms with E-state index >= 15 is 0 Å². The molecule has 1 aliphatic heterocycles. The second-order valence-corrected chi connectivity index (χ2v) is 8.50. The molecule has 0 N–H and O–H groups in total. The third-order valence-corrected chi connectivity index (χ3v) is 6.02. The molecule has 0 unspecified atom stereocenters. The molecule has 0 saturated carbocycles. The first-order valence-electron chi connectivity index (χ1n) is 11.0. The van der Waals surface area contributed by atoms with Crippen molar-refractivity contribution in [3.05, 3.63) is 77.6 Å². The summed E-state index contributed by atoms with van der Waals surface area (Å²) in [6, 6.07) is 14.3. The smallest absolute Gasteiger partial charge is 0.318 e. The van der Waals surface area contributed by atoms with Crippen LogP contribution in [0, 0.1) is 0 Å². The Morgan fingerprint density at radius 1 is 1.03 bits per heavy atom. The second kappa shape index (κ2) is 9.42. The lowest BCUT2D eigenvalue weighted by Gasteiger charge is -2.39. The van der Waals surface area contributed by atoms with Crippen LogP contribution in [0.2, 0.25) is 0 Å². The molecule has 1 atom stereocenters. The van der Waals surface area contributed by atoms with Crippen LogP contribution in [-0.4, -0.2) is 57.1 Å². The summed E-state index contributed by atoms with van der Waals surface area (Å²) in [6.07, 6.45) is -3.03. The predicted octanol–water partition coefficient (Wildman–Crippen LogP) is 4.95. The zero-order valence-corrected chi connectivity index (χ0v) is 18.9. The number of alkyl halides is 3. The number of aromatic nitrogens is 2. The van der Waals surface area contributed by atoms with E-state index in [0.717, 1.165) is 10.2 Å². The Labute approximate surface area is 195 Å². The minimum Gasteiger partial charge on any atom is -0.318 e. The zero-order valence-electron chi connectivity index (χ0n) is 18.9. The van der Waals surface area contributed by atoms with Gasteiger partial charge >= 0.3 is 12.2 Å².